The lowest BCUT2D eigenvalue weighted by Crippen LogP contribution is -2.33. The van der Waals surface area contributed by atoms with Crippen LogP contribution in [0.25, 0.3) is 0 Å². The number of benzene rings is 1. The third-order valence-corrected chi connectivity index (χ3v) is 3.94. The summed E-state index contributed by atoms with van der Waals surface area (Å²) in [6, 6.07) is 2.85. The van der Waals surface area contributed by atoms with E-state index in [2.05, 4.69) is 10.1 Å². The Morgan fingerprint density at radius 2 is 2.05 bits per heavy atom. The maximum atomic E-state index is 14.2. The Kier molecular flexibility index (Phi) is 5.12. The number of nitrogens with zero attached hydrogens (tertiary/aromatic N) is 1. The molecule has 2 rings (SSSR count). The third-order valence-electron chi connectivity index (χ3n) is 3.94. The highest BCUT2D eigenvalue weighted by molar-refractivity contribution is 5.90. The minimum Gasteiger partial charge on any atom is -0.465 e. The van der Waals surface area contributed by atoms with Crippen molar-refractivity contribution in [1.29, 1.82) is 0 Å². The molecule has 0 amide bonds. The highest BCUT2D eigenvalue weighted by Gasteiger charge is 2.24. The largest absolute Gasteiger partial charge is 0.465 e. The SMILES string of the molecule is COC(=O)c1ccc(N(C)C2CCCNCC2)c(F)c1F. The fraction of sp³-hybridized carbons (Fsp3) is 0.533. The predicted octanol–water partition coefficient (Wildman–Crippen LogP) is 2.33. The van der Waals surface area contributed by atoms with Crippen LogP contribution < -0.4 is 10.2 Å². The van der Waals surface area contributed by atoms with E-state index in [9.17, 15) is 13.6 Å². The molecule has 21 heavy (non-hydrogen) atoms. The predicted molar refractivity (Wildman–Crippen MR) is 76.6 cm³/mol. The Morgan fingerprint density at radius 1 is 1.29 bits per heavy atom. The van der Waals surface area contributed by atoms with Crippen LogP contribution in [0.5, 0.6) is 0 Å². The van der Waals surface area contributed by atoms with E-state index < -0.39 is 17.6 Å². The van der Waals surface area contributed by atoms with Crippen molar-refractivity contribution in [1.82, 2.24) is 5.32 Å². The van der Waals surface area contributed by atoms with E-state index in [4.69, 9.17) is 0 Å². The molecule has 4 nitrogen and oxygen atoms in total. The van der Waals surface area contributed by atoms with Crippen molar-refractivity contribution >= 4 is 11.7 Å². The number of hydrogen-bond donors (Lipinski definition) is 1. The number of nitrogens with one attached hydrogen (secondary N) is 1. The molecule has 0 radical (unpaired) electrons. The summed E-state index contributed by atoms with van der Waals surface area (Å²) in [5, 5.41) is 3.29. The number of anilines is 1. The lowest BCUT2D eigenvalue weighted by atomic mass is 10.1. The van der Waals surface area contributed by atoms with Crippen LogP contribution in [-0.2, 0) is 4.74 Å². The maximum absolute atomic E-state index is 14.2. The van der Waals surface area contributed by atoms with Gasteiger partial charge in [0.2, 0.25) is 0 Å². The van der Waals surface area contributed by atoms with E-state index in [1.54, 1.807) is 11.9 Å². The van der Waals surface area contributed by atoms with Gasteiger partial charge in [0.15, 0.2) is 11.6 Å². The molecule has 1 N–H and O–H groups in total. The Bertz CT molecular complexity index is 515. The Hall–Kier alpha value is -1.69. The van der Waals surface area contributed by atoms with E-state index in [1.807, 2.05) is 0 Å². The van der Waals surface area contributed by atoms with Gasteiger partial charge in [0, 0.05) is 13.1 Å². The molecule has 1 atom stereocenters. The van der Waals surface area contributed by atoms with Crippen LogP contribution in [0.2, 0.25) is 0 Å². The van der Waals surface area contributed by atoms with Crippen LogP contribution >= 0.6 is 0 Å². The number of hydrogen-bond acceptors (Lipinski definition) is 4. The Balaban J connectivity index is 2.27. The second-order valence-electron chi connectivity index (χ2n) is 5.20. The average Bonchev–Trinajstić information content (AvgIpc) is 2.77. The summed E-state index contributed by atoms with van der Waals surface area (Å²) in [5.41, 5.74) is -0.207. The summed E-state index contributed by atoms with van der Waals surface area (Å²) in [5.74, 6) is -3.03. The molecular formula is C15H20F2N2O2. The van der Waals surface area contributed by atoms with Gasteiger partial charge in [0.25, 0.3) is 0 Å². The van der Waals surface area contributed by atoms with Gasteiger partial charge in [-0.1, -0.05) is 0 Å². The van der Waals surface area contributed by atoms with Crippen molar-refractivity contribution in [3.63, 3.8) is 0 Å². The van der Waals surface area contributed by atoms with E-state index in [1.165, 1.54) is 12.1 Å². The molecule has 0 aromatic heterocycles. The summed E-state index contributed by atoms with van der Waals surface area (Å²) in [4.78, 5) is 13.1. The summed E-state index contributed by atoms with van der Waals surface area (Å²) in [6.45, 7) is 1.81. The molecule has 1 aromatic carbocycles. The van der Waals surface area contributed by atoms with E-state index in [0.29, 0.717) is 0 Å². The molecule has 1 fully saturated rings. The number of rotatable bonds is 3. The van der Waals surface area contributed by atoms with Crippen molar-refractivity contribution < 1.29 is 18.3 Å². The maximum Gasteiger partial charge on any atom is 0.340 e. The number of ether oxygens (including phenoxy) is 1. The number of carbonyl (C=O) groups is 1. The molecule has 1 aromatic rings. The summed E-state index contributed by atoms with van der Waals surface area (Å²) < 4.78 is 32.7. The molecule has 0 saturated carbocycles. The van der Waals surface area contributed by atoms with Gasteiger partial charge in [-0.2, -0.15) is 0 Å². The van der Waals surface area contributed by atoms with Crippen LogP contribution in [0.1, 0.15) is 29.6 Å². The van der Waals surface area contributed by atoms with Crippen molar-refractivity contribution in [2.75, 3.05) is 32.1 Å². The van der Waals surface area contributed by atoms with Gasteiger partial charge in [0.1, 0.15) is 0 Å². The second-order valence-corrected chi connectivity index (χ2v) is 5.20. The fourth-order valence-corrected chi connectivity index (χ4v) is 2.66. The van der Waals surface area contributed by atoms with Gasteiger partial charge in [-0.05, 0) is 44.5 Å². The molecule has 1 aliphatic heterocycles. The number of methoxy groups -OCH3 is 1. The van der Waals surface area contributed by atoms with Gasteiger partial charge in [-0.25, -0.2) is 13.6 Å². The van der Waals surface area contributed by atoms with Crippen molar-refractivity contribution in [2.45, 2.75) is 25.3 Å². The first-order valence-electron chi connectivity index (χ1n) is 7.06. The molecule has 0 bridgehead atoms. The summed E-state index contributed by atoms with van der Waals surface area (Å²) in [7, 11) is 2.89. The normalized spacial score (nSPS) is 19.0. The number of halogens is 2. The zero-order valence-corrected chi connectivity index (χ0v) is 12.3. The van der Waals surface area contributed by atoms with Crippen molar-refractivity contribution in [3.8, 4) is 0 Å². The lowest BCUT2D eigenvalue weighted by molar-refractivity contribution is 0.0594. The van der Waals surface area contributed by atoms with Crippen LogP contribution in [0.15, 0.2) is 12.1 Å². The first-order valence-corrected chi connectivity index (χ1v) is 7.06. The topological polar surface area (TPSA) is 41.6 Å². The molecule has 1 aliphatic rings. The first-order chi connectivity index (χ1) is 10.1. The van der Waals surface area contributed by atoms with Crippen LogP contribution in [-0.4, -0.2) is 39.3 Å². The highest BCUT2D eigenvalue weighted by atomic mass is 19.2. The second kappa shape index (κ2) is 6.85. The van der Waals surface area contributed by atoms with Gasteiger partial charge in [0.05, 0.1) is 18.4 Å². The molecule has 0 aliphatic carbocycles. The minimum absolute atomic E-state index is 0.151. The van der Waals surface area contributed by atoms with Crippen molar-refractivity contribution in [3.05, 3.63) is 29.3 Å². The molecule has 0 spiro atoms. The van der Waals surface area contributed by atoms with Crippen molar-refractivity contribution in [2.24, 2.45) is 0 Å². The average molecular weight is 298 g/mol. The first kappa shape index (κ1) is 15.7. The molecule has 1 heterocycles. The highest BCUT2D eigenvalue weighted by Crippen LogP contribution is 2.27. The standard InChI is InChI=1S/C15H20F2N2O2/c1-19(10-4-3-8-18-9-7-10)12-6-5-11(15(20)21-2)13(16)14(12)17/h5-6,10,18H,3-4,7-9H2,1-2H3. The van der Waals surface area contributed by atoms with E-state index in [-0.39, 0.29) is 17.3 Å². The number of carbonyl (C=O) groups excluding carboxylic acids is 1. The van der Waals surface area contributed by atoms with E-state index in [0.717, 1.165) is 39.5 Å². The van der Waals surface area contributed by atoms with Crippen LogP contribution in [0, 0.1) is 11.6 Å². The Labute approximate surface area is 123 Å². The van der Waals surface area contributed by atoms with Gasteiger partial charge >= 0.3 is 5.97 Å². The van der Waals surface area contributed by atoms with E-state index >= 15 is 0 Å². The quantitative estimate of drug-likeness (QED) is 0.870. The van der Waals surface area contributed by atoms with Gasteiger partial charge in [-0.3, -0.25) is 0 Å². The minimum atomic E-state index is -1.15. The Morgan fingerprint density at radius 3 is 2.76 bits per heavy atom. The third kappa shape index (κ3) is 3.32. The van der Waals surface area contributed by atoms with Gasteiger partial charge in [-0.15, -0.1) is 0 Å². The lowest BCUT2D eigenvalue weighted by Gasteiger charge is -2.29. The summed E-state index contributed by atoms with van der Waals surface area (Å²) in [6.07, 6.45) is 2.79. The monoisotopic (exact) mass is 298 g/mol. The molecular weight excluding hydrogens is 278 g/mol. The molecule has 1 saturated heterocycles. The number of esters is 1. The molecule has 6 heteroatoms. The van der Waals surface area contributed by atoms with Crippen LogP contribution in [0.4, 0.5) is 14.5 Å². The smallest absolute Gasteiger partial charge is 0.340 e. The zero-order valence-electron chi connectivity index (χ0n) is 12.3. The van der Waals surface area contributed by atoms with Gasteiger partial charge < -0.3 is 15.0 Å². The molecule has 1 unspecified atom stereocenters. The fourth-order valence-electron chi connectivity index (χ4n) is 2.66. The summed E-state index contributed by atoms with van der Waals surface area (Å²) >= 11 is 0. The zero-order chi connectivity index (χ0) is 15.4. The van der Waals surface area contributed by atoms with Crippen LogP contribution in [0.3, 0.4) is 0 Å². The molecule has 116 valence electrons.